The van der Waals surface area contributed by atoms with E-state index in [1.807, 2.05) is 36.6 Å². The minimum Gasteiger partial charge on any atom is -0.349 e. The molecule has 1 saturated carbocycles. The lowest BCUT2D eigenvalue weighted by molar-refractivity contribution is -0.115. The molecule has 0 saturated heterocycles. The molecule has 0 aliphatic heterocycles. The summed E-state index contributed by atoms with van der Waals surface area (Å²) in [6.45, 7) is 2.22. The third-order valence-corrected chi connectivity index (χ3v) is 5.73. The van der Waals surface area contributed by atoms with Crippen molar-refractivity contribution in [1.29, 1.82) is 0 Å². The van der Waals surface area contributed by atoms with Crippen molar-refractivity contribution < 1.29 is 9.59 Å². The van der Waals surface area contributed by atoms with Crippen LogP contribution in [0.15, 0.2) is 41.8 Å². The van der Waals surface area contributed by atoms with E-state index in [2.05, 4.69) is 16.0 Å². The summed E-state index contributed by atoms with van der Waals surface area (Å²) in [5.41, 5.74) is 1.07. The van der Waals surface area contributed by atoms with Crippen molar-refractivity contribution in [2.24, 2.45) is 0 Å². The number of nitrogens with one attached hydrogen (secondary N) is 3. The average Bonchev–Trinajstić information content (AvgIpc) is 3.34. The molecule has 3 rings (SSSR count). The molecule has 1 aliphatic carbocycles. The smallest absolute Gasteiger partial charge is 0.253 e. The largest absolute Gasteiger partial charge is 0.349 e. The topological polar surface area (TPSA) is 70.2 Å². The maximum atomic E-state index is 12.5. The van der Waals surface area contributed by atoms with E-state index < -0.39 is 0 Å². The molecular formula is C20H25N3O2S. The molecule has 1 fully saturated rings. The number of anilines is 1. The molecule has 5 nitrogen and oxygen atoms in total. The molecule has 1 aromatic heterocycles. The number of rotatable bonds is 7. The highest BCUT2D eigenvalue weighted by Gasteiger charge is 2.20. The summed E-state index contributed by atoms with van der Waals surface area (Å²) in [4.78, 5) is 26.0. The van der Waals surface area contributed by atoms with Crippen LogP contribution in [0.2, 0.25) is 0 Å². The fraction of sp³-hybridized carbons (Fsp3) is 0.400. The van der Waals surface area contributed by atoms with E-state index in [-0.39, 0.29) is 30.4 Å². The number of para-hydroxylation sites is 1. The van der Waals surface area contributed by atoms with Crippen molar-refractivity contribution in [3.8, 4) is 0 Å². The second-order valence-corrected chi connectivity index (χ2v) is 7.65. The Labute approximate surface area is 158 Å². The van der Waals surface area contributed by atoms with Gasteiger partial charge >= 0.3 is 0 Å². The van der Waals surface area contributed by atoms with Crippen LogP contribution >= 0.6 is 11.3 Å². The van der Waals surface area contributed by atoms with Crippen molar-refractivity contribution in [1.82, 2.24) is 10.6 Å². The molecule has 1 aliphatic rings. The molecule has 1 heterocycles. The van der Waals surface area contributed by atoms with E-state index in [1.54, 1.807) is 23.5 Å². The van der Waals surface area contributed by atoms with Gasteiger partial charge in [0, 0.05) is 17.0 Å². The Morgan fingerprint density at radius 1 is 1.15 bits per heavy atom. The highest BCUT2D eigenvalue weighted by Crippen LogP contribution is 2.21. The van der Waals surface area contributed by atoms with Crippen molar-refractivity contribution in [2.75, 3.05) is 11.9 Å². The zero-order chi connectivity index (χ0) is 18.4. The van der Waals surface area contributed by atoms with Gasteiger partial charge in [-0.3, -0.25) is 9.59 Å². The molecule has 1 atom stereocenters. The fourth-order valence-electron chi connectivity index (χ4n) is 3.20. The van der Waals surface area contributed by atoms with Crippen LogP contribution in [-0.2, 0) is 4.79 Å². The zero-order valence-corrected chi connectivity index (χ0v) is 15.8. The van der Waals surface area contributed by atoms with E-state index in [0.29, 0.717) is 11.3 Å². The highest BCUT2D eigenvalue weighted by molar-refractivity contribution is 7.10. The van der Waals surface area contributed by atoms with E-state index in [0.717, 1.165) is 25.7 Å². The number of hydrogen-bond acceptors (Lipinski definition) is 4. The lowest BCUT2D eigenvalue weighted by atomic mass is 10.1. The van der Waals surface area contributed by atoms with Gasteiger partial charge in [0.15, 0.2) is 0 Å². The van der Waals surface area contributed by atoms with Crippen LogP contribution in [-0.4, -0.2) is 24.4 Å². The molecule has 2 amide bonds. The quantitative estimate of drug-likeness (QED) is 0.695. The van der Waals surface area contributed by atoms with E-state index in [1.165, 1.54) is 4.88 Å². The minimum absolute atomic E-state index is 0.113. The summed E-state index contributed by atoms with van der Waals surface area (Å²) >= 11 is 1.66. The Balaban J connectivity index is 1.56. The first-order valence-corrected chi connectivity index (χ1v) is 9.98. The second kappa shape index (κ2) is 8.96. The zero-order valence-electron chi connectivity index (χ0n) is 15.0. The standard InChI is InChI=1S/C20H25N3O2S/c1-14(18-11-6-12-26-18)21-13-19(24)23-17-10-5-4-9-16(17)20(25)22-15-7-2-3-8-15/h4-6,9-12,14-15,21H,2-3,7-8,13H2,1H3,(H,22,25)(H,23,24)/t14-/m0/s1. The van der Waals surface area contributed by atoms with Crippen molar-refractivity contribution in [2.45, 2.75) is 44.7 Å². The van der Waals surface area contributed by atoms with Crippen LogP contribution in [0, 0.1) is 0 Å². The van der Waals surface area contributed by atoms with Crippen LogP contribution in [0.4, 0.5) is 5.69 Å². The van der Waals surface area contributed by atoms with Crippen molar-refractivity contribution in [3.63, 3.8) is 0 Å². The summed E-state index contributed by atoms with van der Waals surface area (Å²) in [5, 5.41) is 11.2. The highest BCUT2D eigenvalue weighted by atomic mass is 32.1. The Morgan fingerprint density at radius 2 is 1.92 bits per heavy atom. The Morgan fingerprint density at radius 3 is 2.65 bits per heavy atom. The maximum Gasteiger partial charge on any atom is 0.253 e. The van der Waals surface area contributed by atoms with Gasteiger partial charge in [-0.1, -0.05) is 31.0 Å². The van der Waals surface area contributed by atoms with Crippen LogP contribution in [0.5, 0.6) is 0 Å². The Bertz CT molecular complexity index is 739. The maximum absolute atomic E-state index is 12.5. The van der Waals surface area contributed by atoms with Gasteiger partial charge in [0.05, 0.1) is 17.8 Å². The van der Waals surface area contributed by atoms with Crippen molar-refractivity contribution >= 4 is 28.8 Å². The summed E-state index contributed by atoms with van der Waals surface area (Å²) in [6, 6.07) is 11.6. The molecule has 0 radical (unpaired) electrons. The van der Waals surface area contributed by atoms with E-state index >= 15 is 0 Å². The first-order valence-electron chi connectivity index (χ1n) is 9.10. The third-order valence-electron chi connectivity index (χ3n) is 4.67. The predicted octanol–water partition coefficient (Wildman–Crippen LogP) is 3.71. The first kappa shape index (κ1) is 18.6. The Hall–Kier alpha value is -2.18. The van der Waals surface area contributed by atoms with Gasteiger partial charge in [-0.2, -0.15) is 0 Å². The normalized spacial score (nSPS) is 15.6. The molecule has 6 heteroatoms. The number of amides is 2. The van der Waals surface area contributed by atoms with Gasteiger partial charge in [0.25, 0.3) is 5.91 Å². The molecule has 0 spiro atoms. The van der Waals surface area contributed by atoms with Crippen LogP contribution in [0.25, 0.3) is 0 Å². The summed E-state index contributed by atoms with van der Waals surface area (Å²) in [5.74, 6) is -0.276. The molecule has 138 valence electrons. The summed E-state index contributed by atoms with van der Waals surface area (Å²) in [7, 11) is 0. The van der Waals surface area contributed by atoms with Gasteiger partial charge in [0.1, 0.15) is 0 Å². The molecule has 1 aromatic carbocycles. The third kappa shape index (κ3) is 4.93. The number of carbonyl (C=O) groups is 2. The number of benzene rings is 1. The molecular weight excluding hydrogens is 346 g/mol. The first-order chi connectivity index (χ1) is 12.6. The van der Waals surface area contributed by atoms with Gasteiger partial charge in [-0.15, -0.1) is 11.3 Å². The van der Waals surface area contributed by atoms with Crippen LogP contribution in [0.1, 0.15) is 53.9 Å². The number of thiophene rings is 1. The second-order valence-electron chi connectivity index (χ2n) is 6.67. The van der Waals surface area contributed by atoms with Crippen LogP contribution in [0.3, 0.4) is 0 Å². The Kier molecular flexibility index (Phi) is 6.41. The molecule has 26 heavy (non-hydrogen) atoms. The van der Waals surface area contributed by atoms with E-state index in [4.69, 9.17) is 0 Å². The minimum atomic E-state index is -0.158. The van der Waals surface area contributed by atoms with Gasteiger partial charge in [-0.25, -0.2) is 0 Å². The summed E-state index contributed by atoms with van der Waals surface area (Å²) in [6.07, 6.45) is 4.39. The monoisotopic (exact) mass is 371 g/mol. The summed E-state index contributed by atoms with van der Waals surface area (Å²) < 4.78 is 0. The SMILES string of the molecule is C[C@H](NCC(=O)Nc1ccccc1C(=O)NC1CCCC1)c1cccs1. The lowest BCUT2D eigenvalue weighted by Gasteiger charge is -2.16. The number of hydrogen-bond donors (Lipinski definition) is 3. The molecule has 2 aromatic rings. The van der Waals surface area contributed by atoms with Gasteiger partial charge < -0.3 is 16.0 Å². The predicted molar refractivity (Wildman–Crippen MR) is 106 cm³/mol. The van der Waals surface area contributed by atoms with Gasteiger partial charge in [-0.05, 0) is 43.3 Å². The van der Waals surface area contributed by atoms with Crippen molar-refractivity contribution in [3.05, 3.63) is 52.2 Å². The molecule has 3 N–H and O–H groups in total. The average molecular weight is 372 g/mol. The van der Waals surface area contributed by atoms with Crippen LogP contribution < -0.4 is 16.0 Å². The molecule has 0 bridgehead atoms. The lowest BCUT2D eigenvalue weighted by Crippen LogP contribution is -2.34. The molecule has 0 unspecified atom stereocenters. The van der Waals surface area contributed by atoms with E-state index in [9.17, 15) is 9.59 Å². The van der Waals surface area contributed by atoms with Gasteiger partial charge in [0.2, 0.25) is 5.91 Å². The fourth-order valence-corrected chi connectivity index (χ4v) is 3.96. The number of carbonyl (C=O) groups excluding carboxylic acids is 2.